The number of nitrogens with zero attached hydrogens (tertiary/aromatic N) is 1. The summed E-state index contributed by atoms with van der Waals surface area (Å²) < 4.78 is 24.6. The number of hydrogen-bond acceptors (Lipinski definition) is 2. The van der Waals surface area contributed by atoms with Crippen LogP contribution in [0.2, 0.25) is 0 Å². The Labute approximate surface area is 92.6 Å². The first kappa shape index (κ1) is 11.4. The van der Waals surface area contributed by atoms with Gasteiger partial charge in [-0.05, 0) is 25.7 Å². The fourth-order valence-electron chi connectivity index (χ4n) is 2.72. The van der Waals surface area contributed by atoms with Gasteiger partial charge in [0.2, 0.25) is 0 Å². The van der Waals surface area contributed by atoms with Crippen LogP contribution in [0, 0.1) is 0 Å². The largest absolute Gasteiger partial charge is 0.242 e. The Morgan fingerprint density at radius 1 is 0.800 bits per heavy atom. The average molecular weight is 230 g/mol. The first-order chi connectivity index (χ1) is 7.21. The summed E-state index contributed by atoms with van der Waals surface area (Å²) in [6.45, 7) is 1.49. The highest BCUT2D eigenvalue weighted by molar-refractivity contribution is 7.92. The van der Waals surface area contributed by atoms with Crippen molar-refractivity contribution < 1.29 is 8.42 Å². The van der Waals surface area contributed by atoms with E-state index in [0.717, 1.165) is 51.6 Å². The molecule has 0 N–H and O–H groups in total. The highest BCUT2D eigenvalue weighted by atomic mass is 32.2. The van der Waals surface area contributed by atoms with Gasteiger partial charge in [-0.3, -0.25) is 0 Å². The third-order valence-electron chi connectivity index (χ3n) is 3.70. The van der Waals surface area contributed by atoms with Crippen LogP contribution in [0.25, 0.3) is 0 Å². The smallest absolute Gasteiger partial charge is 0.156 e. The van der Waals surface area contributed by atoms with Crippen molar-refractivity contribution in [2.75, 3.05) is 13.1 Å². The molecule has 0 aromatic rings. The molecule has 0 aromatic heterocycles. The molecule has 1 saturated heterocycles. The topological polar surface area (TPSA) is 48.2 Å². The summed E-state index contributed by atoms with van der Waals surface area (Å²) in [6.07, 6.45) is 6.73. The van der Waals surface area contributed by atoms with Gasteiger partial charge in [0.1, 0.15) is 0 Å². The lowest BCUT2D eigenvalue weighted by Gasteiger charge is -2.29. The number of piperidine rings is 1. The predicted octanol–water partition coefficient (Wildman–Crippen LogP) is 1.50. The number of hydrogen-bond donors (Lipinski definition) is 0. The van der Waals surface area contributed by atoms with Crippen molar-refractivity contribution in [1.82, 2.24) is 5.32 Å². The molecule has 0 spiro atoms. The maximum absolute atomic E-state index is 12.3. The van der Waals surface area contributed by atoms with E-state index in [1.165, 1.54) is 6.42 Å². The minimum absolute atomic E-state index is 0.0330. The molecule has 0 atom stereocenters. The standard InChI is InChI=1S/C11H20NO2S/c13-15(14,10-4-2-1-3-5-10)11-6-8-12-9-7-11/h10-11H,1-9H2. The van der Waals surface area contributed by atoms with Crippen molar-refractivity contribution in [3.05, 3.63) is 0 Å². The fraction of sp³-hybridized carbons (Fsp3) is 1.00. The summed E-state index contributed by atoms with van der Waals surface area (Å²) in [5.74, 6) is 0. The lowest BCUT2D eigenvalue weighted by Crippen LogP contribution is -2.38. The van der Waals surface area contributed by atoms with Gasteiger partial charge >= 0.3 is 0 Å². The normalized spacial score (nSPS) is 26.7. The number of sulfone groups is 1. The first-order valence-electron chi connectivity index (χ1n) is 6.07. The molecule has 0 amide bonds. The first-order valence-corrected chi connectivity index (χ1v) is 7.68. The van der Waals surface area contributed by atoms with Crippen LogP contribution < -0.4 is 5.32 Å². The Morgan fingerprint density at radius 3 is 1.93 bits per heavy atom. The van der Waals surface area contributed by atoms with Gasteiger partial charge in [-0.15, -0.1) is 0 Å². The van der Waals surface area contributed by atoms with E-state index in [9.17, 15) is 8.42 Å². The second-order valence-electron chi connectivity index (χ2n) is 4.72. The molecule has 0 aromatic carbocycles. The zero-order valence-corrected chi connectivity index (χ0v) is 10.0. The van der Waals surface area contributed by atoms with Crippen LogP contribution in [0.4, 0.5) is 0 Å². The second-order valence-corrected chi connectivity index (χ2v) is 7.23. The van der Waals surface area contributed by atoms with E-state index in [1.54, 1.807) is 0 Å². The zero-order chi connectivity index (χ0) is 10.7. The van der Waals surface area contributed by atoms with Gasteiger partial charge in [0.05, 0.1) is 10.5 Å². The van der Waals surface area contributed by atoms with Crippen LogP contribution in [-0.2, 0) is 9.84 Å². The summed E-state index contributed by atoms with van der Waals surface area (Å²) in [6, 6.07) is 0. The Kier molecular flexibility index (Phi) is 3.67. The van der Waals surface area contributed by atoms with Gasteiger partial charge in [-0.2, -0.15) is 0 Å². The second kappa shape index (κ2) is 4.83. The zero-order valence-electron chi connectivity index (χ0n) is 9.19. The van der Waals surface area contributed by atoms with Gasteiger partial charge in [0.15, 0.2) is 9.84 Å². The molecule has 1 aliphatic heterocycles. The van der Waals surface area contributed by atoms with Crippen LogP contribution in [0.3, 0.4) is 0 Å². The molecular weight excluding hydrogens is 210 g/mol. The van der Waals surface area contributed by atoms with Gasteiger partial charge in [-0.25, -0.2) is 13.7 Å². The molecule has 87 valence electrons. The molecule has 15 heavy (non-hydrogen) atoms. The van der Waals surface area contributed by atoms with Crippen molar-refractivity contribution in [2.24, 2.45) is 0 Å². The highest BCUT2D eigenvalue weighted by Crippen LogP contribution is 2.29. The highest BCUT2D eigenvalue weighted by Gasteiger charge is 2.35. The number of rotatable bonds is 2. The van der Waals surface area contributed by atoms with Gasteiger partial charge < -0.3 is 0 Å². The molecule has 1 aliphatic carbocycles. The maximum atomic E-state index is 12.3. The summed E-state index contributed by atoms with van der Waals surface area (Å²) in [4.78, 5) is 0. The van der Waals surface area contributed by atoms with Crippen molar-refractivity contribution >= 4 is 9.84 Å². The maximum Gasteiger partial charge on any atom is 0.156 e. The van der Waals surface area contributed by atoms with E-state index in [4.69, 9.17) is 0 Å². The van der Waals surface area contributed by atoms with Crippen molar-refractivity contribution in [3.8, 4) is 0 Å². The molecule has 3 nitrogen and oxygen atoms in total. The van der Waals surface area contributed by atoms with E-state index in [2.05, 4.69) is 5.32 Å². The van der Waals surface area contributed by atoms with Gasteiger partial charge in [-0.1, -0.05) is 19.3 Å². The molecule has 4 heteroatoms. The van der Waals surface area contributed by atoms with Crippen LogP contribution in [0.1, 0.15) is 44.9 Å². The average Bonchev–Trinajstić information content (AvgIpc) is 2.31. The van der Waals surface area contributed by atoms with Crippen molar-refractivity contribution in [1.29, 1.82) is 0 Å². The van der Waals surface area contributed by atoms with E-state index in [0.29, 0.717) is 0 Å². The Hall–Kier alpha value is -0.0900. The van der Waals surface area contributed by atoms with Crippen LogP contribution in [-0.4, -0.2) is 32.0 Å². The van der Waals surface area contributed by atoms with Crippen LogP contribution in [0.5, 0.6) is 0 Å². The third-order valence-corrected chi connectivity index (χ3v) is 6.50. The minimum atomic E-state index is -2.85. The molecule has 2 aliphatic rings. The predicted molar refractivity (Wildman–Crippen MR) is 60.7 cm³/mol. The monoisotopic (exact) mass is 230 g/mol. The Morgan fingerprint density at radius 2 is 1.33 bits per heavy atom. The van der Waals surface area contributed by atoms with E-state index < -0.39 is 9.84 Å². The third kappa shape index (κ3) is 2.53. The van der Waals surface area contributed by atoms with E-state index in [1.807, 2.05) is 0 Å². The van der Waals surface area contributed by atoms with E-state index in [-0.39, 0.29) is 10.5 Å². The molecule has 1 radical (unpaired) electrons. The molecule has 2 rings (SSSR count). The minimum Gasteiger partial charge on any atom is -0.242 e. The SMILES string of the molecule is O=S(=O)(C1CCCCC1)C1CC[N]CC1. The molecule has 1 heterocycles. The molecular formula is C11H20NO2S. The van der Waals surface area contributed by atoms with Crippen molar-refractivity contribution in [2.45, 2.75) is 55.4 Å². The van der Waals surface area contributed by atoms with Gasteiger partial charge in [0, 0.05) is 13.1 Å². The Bertz CT molecular complexity index is 264. The summed E-state index contributed by atoms with van der Waals surface area (Å²) in [5.41, 5.74) is 0. The van der Waals surface area contributed by atoms with E-state index >= 15 is 0 Å². The van der Waals surface area contributed by atoms with Crippen LogP contribution in [0.15, 0.2) is 0 Å². The quantitative estimate of drug-likeness (QED) is 0.722. The summed E-state index contributed by atoms with van der Waals surface area (Å²) in [7, 11) is -2.85. The fourth-order valence-corrected chi connectivity index (χ4v) is 5.12. The summed E-state index contributed by atoms with van der Waals surface area (Å²) in [5, 5.41) is 4.10. The lowest BCUT2D eigenvalue weighted by atomic mass is 10.0. The van der Waals surface area contributed by atoms with Gasteiger partial charge in [0.25, 0.3) is 0 Å². The lowest BCUT2D eigenvalue weighted by molar-refractivity contribution is 0.453. The molecule has 2 fully saturated rings. The molecule has 0 unspecified atom stereocenters. The van der Waals surface area contributed by atoms with Crippen LogP contribution >= 0.6 is 0 Å². The molecule has 1 saturated carbocycles. The summed E-state index contributed by atoms with van der Waals surface area (Å²) >= 11 is 0. The molecule has 0 bridgehead atoms. The van der Waals surface area contributed by atoms with Crippen molar-refractivity contribution in [3.63, 3.8) is 0 Å². The Balaban J connectivity index is 2.03.